The number of rotatable bonds is 1. The fourth-order valence-corrected chi connectivity index (χ4v) is 0.996. The Morgan fingerprint density at radius 3 is 3.14 bits per heavy atom. The molecule has 2 aromatic heterocycles. The first kappa shape index (κ1) is 8.35. The fraction of sp³-hybridized carbons (Fsp3) is 0.167. The second-order valence-electron chi connectivity index (χ2n) is 2.40. The maximum Gasteiger partial charge on any atom is 0.360 e. The molecule has 0 aliphatic carbocycles. The predicted octanol–water partition coefficient (Wildman–Crippen LogP) is -1.40. The molecule has 2 aromatic rings. The maximum absolute atomic E-state index is 11.1. The van der Waals surface area contributed by atoms with Gasteiger partial charge in [0, 0.05) is 0 Å². The van der Waals surface area contributed by atoms with Gasteiger partial charge in [-0.05, 0) is 0 Å². The highest BCUT2D eigenvalue weighted by Crippen LogP contribution is 2.02. The number of esters is 1. The van der Waals surface area contributed by atoms with E-state index < -0.39 is 11.7 Å². The van der Waals surface area contributed by atoms with Gasteiger partial charge >= 0.3 is 11.7 Å². The Kier molecular flexibility index (Phi) is 1.73. The Morgan fingerprint density at radius 1 is 1.64 bits per heavy atom. The first-order valence-corrected chi connectivity index (χ1v) is 3.61. The molecule has 0 unspecified atom stereocenters. The van der Waals surface area contributed by atoms with E-state index in [4.69, 9.17) is 0 Å². The Bertz CT molecular complexity index is 542. The van der Waals surface area contributed by atoms with E-state index in [-0.39, 0.29) is 11.3 Å². The normalized spacial score (nSPS) is 10.4. The van der Waals surface area contributed by atoms with E-state index in [1.54, 1.807) is 0 Å². The number of aromatic amines is 1. The number of ether oxygens (including phenoxy) is 1. The lowest BCUT2D eigenvalue weighted by Gasteiger charge is -1.93. The van der Waals surface area contributed by atoms with Crippen LogP contribution in [0.25, 0.3) is 5.65 Å². The lowest BCUT2D eigenvalue weighted by Crippen LogP contribution is -2.18. The molecule has 0 bridgehead atoms. The van der Waals surface area contributed by atoms with E-state index in [1.807, 2.05) is 0 Å². The molecule has 0 amide bonds. The minimum atomic E-state index is -0.660. The molecule has 1 N–H and O–H groups in total. The molecule has 0 fully saturated rings. The van der Waals surface area contributed by atoms with Crippen molar-refractivity contribution in [2.45, 2.75) is 0 Å². The van der Waals surface area contributed by atoms with Crippen molar-refractivity contribution in [3.05, 3.63) is 22.5 Å². The number of carbonyl (C=O) groups excluding carboxylic acids is 1. The predicted molar refractivity (Wildman–Crippen MR) is 42.7 cm³/mol. The lowest BCUT2D eigenvalue weighted by atomic mass is 10.5. The average Bonchev–Trinajstić information content (AvgIpc) is 2.62. The zero-order chi connectivity index (χ0) is 10.1. The van der Waals surface area contributed by atoms with Crippen molar-refractivity contribution in [3.8, 4) is 0 Å². The number of nitrogens with zero attached hydrogens (tertiary/aromatic N) is 4. The monoisotopic (exact) mass is 195 g/mol. The van der Waals surface area contributed by atoms with Crippen molar-refractivity contribution in [2.75, 3.05) is 7.11 Å². The number of methoxy groups -OCH3 is 1. The molecule has 0 saturated carbocycles. The molecule has 0 aliphatic rings. The van der Waals surface area contributed by atoms with Gasteiger partial charge < -0.3 is 4.74 Å². The molecule has 72 valence electrons. The van der Waals surface area contributed by atoms with Gasteiger partial charge in [-0.2, -0.15) is 0 Å². The van der Waals surface area contributed by atoms with Crippen LogP contribution in [0.2, 0.25) is 0 Å². The maximum atomic E-state index is 11.1. The quantitative estimate of drug-likeness (QED) is 0.561. The van der Waals surface area contributed by atoms with Crippen molar-refractivity contribution < 1.29 is 9.53 Å². The standard InChI is InChI=1S/C6H5N5O3/c1-14-5(12)3-4-8-10-9-6(13)11(4)2-7-3/h2H,1H3,(H,8,9,13). The second-order valence-corrected chi connectivity index (χ2v) is 2.40. The van der Waals surface area contributed by atoms with Crippen LogP contribution < -0.4 is 5.69 Å². The minimum absolute atomic E-state index is 0.0360. The number of imidazole rings is 1. The number of H-pyrrole nitrogens is 1. The number of fused-ring (bicyclic) bond motifs is 1. The molecule has 0 aliphatic heterocycles. The topological polar surface area (TPSA) is 102 Å². The Hall–Kier alpha value is -2.25. The third kappa shape index (κ3) is 1.04. The van der Waals surface area contributed by atoms with Gasteiger partial charge in [0.25, 0.3) is 0 Å². The van der Waals surface area contributed by atoms with Gasteiger partial charge in [-0.15, -0.1) is 5.10 Å². The van der Waals surface area contributed by atoms with Crippen LogP contribution in [0.1, 0.15) is 10.5 Å². The van der Waals surface area contributed by atoms with E-state index in [1.165, 1.54) is 13.4 Å². The molecule has 14 heavy (non-hydrogen) atoms. The van der Waals surface area contributed by atoms with Gasteiger partial charge in [-0.3, -0.25) is 0 Å². The molecular formula is C6H5N5O3. The molecule has 8 heteroatoms. The summed E-state index contributed by atoms with van der Waals surface area (Å²) in [6, 6.07) is 0. The van der Waals surface area contributed by atoms with Crippen LogP contribution in [-0.4, -0.2) is 37.9 Å². The van der Waals surface area contributed by atoms with Crippen LogP contribution in [0.15, 0.2) is 11.1 Å². The van der Waals surface area contributed by atoms with Crippen molar-refractivity contribution in [3.63, 3.8) is 0 Å². The third-order valence-corrected chi connectivity index (χ3v) is 1.63. The molecule has 2 heterocycles. The highest BCUT2D eigenvalue weighted by molar-refractivity contribution is 5.93. The van der Waals surface area contributed by atoms with Crippen molar-refractivity contribution in [1.29, 1.82) is 0 Å². The van der Waals surface area contributed by atoms with Crippen LogP contribution >= 0.6 is 0 Å². The van der Waals surface area contributed by atoms with Gasteiger partial charge in [0.1, 0.15) is 6.33 Å². The fourth-order valence-electron chi connectivity index (χ4n) is 0.996. The highest BCUT2D eigenvalue weighted by Gasteiger charge is 2.16. The molecule has 0 aromatic carbocycles. The van der Waals surface area contributed by atoms with Crippen molar-refractivity contribution in [1.82, 2.24) is 24.8 Å². The Morgan fingerprint density at radius 2 is 2.43 bits per heavy atom. The molecule has 0 spiro atoms. The van der Waals surface area contributed by atoms with E-state index in [9.17, 15) is 9.59 Å². The summed E-state index contributed by atoms with van der Waals surface area (Å²) in [6.07, 6.45) is 1.18. The summed E-state index contributed by atoms with van der Waals surface area (Å²) in [4.78, 5) is 25.9. The number of hydrogen-bond acceptors (Lipinski definition) is 6. The van der Waals surface area contributed by atoms with Gasteiger partial charge in [0.15, 0.2) is 11.3 Å². The van der Waals surface area contributed by atoms with E-state index in [2.05, 4.69) is 25.1 Å². The summed E-state index contributed by atoms with van der Waals surface area (Å²) in [5.74, 6) is -0.660. The van der Waals surface area contributed by atoms with Crippen LogP contribution in [0.4, 0.5) is 0 Å². The van der Waals surface area contributed by atoms with E-state index in [0.29, 0.717) is 0 Å². The van der Waals surface area contributed by atoms with Gasteiger partial charge in [0.05, 0.1) is 7.11 Å². The Balaban J connectivity index is 2.76. The SMILES string of the molecule is COC(=O)c1ncn2c(=O)[nH]nnc12. The van der Waals surface area contributed by atoms with Crippen LogP contribution in [0, 0.1) is 0 Å². The minimum Gasteiger partial charge on any atom is -0.464 e. The smallest absolute Gasteiger partial charge is 0.360 e. The van der Waals surface area contributed by atoms with Gasteiger partial charge in [-0.25, -0.2) is 24.1 Å². The first-order valence-electron chi connectivity index (χ1n) is 3.61. The summed E-state index contributed by atoms with van der Waals surface area (Å²) in [7, 11) is 1.22. The summed E-state index contributed by atoms with van der Waals surface area (Å²) in [5.41, 5.74) is -0.482. The molecule has 0 saturated heterocycles. The summed E-state index contributed by atoms with van der Waals surface area (Å²) in [6.45, 7) is 0. The number of aromatic nitrogens is 5. The Labute approximate surface area is 76.5 Å². The molecule has 2 rings (SSSR count). The van der Waals surface area contributed by atoms with Crippen LogP contribution in [0.5, 0.6) is 0 Å². The van der Waals surface area contributed by atoms with Crippen molar-refractivity contribution in [2.24, 2.45) is 0 Å². The average molecular weight is 195 g/mol. The molecule has 0 radical (unpaired) electrons. The van der Waals surface area contributed by atoms with E-state index in [0.717, 1.165) is 4.40 Å². The second kappa shape index (κ2) is 2.91. The molecule has 8 nitrogen and oxygen atoms in total. The zero-order valence-electron chi connectivity index (χ0n) is 7.09. The lowest BCUT2D eigenvalue weighted by molar-refractivity contribution is 0.0596. The summed E-state index contributed by atoms with van der Waals surface area (Å²) >= 11 is 0. The largest absolute Gasteiger partial charge is 0.464 e. The number of nitrogens with one attached hydrogen (secondary N) is 1. The first-order chi connectivity index (χ1) is 6.74. The van der Waals surface area contributed by atoms with Gasteiger partial charge in [0.2, 0.25) is 0 Å². The molecular weight excluding hydrogens is 190 g/mol. The van der Waals surface area contributed by atoms with E-state index >= 15 is 0 Å². The van der Waals surface area contributed by atoms with Crippen LogP contribution in [0.3, 0.4) is 0 Å². The number of hydrogen-bond donors (Lipinski definition) is 1. The highest BCUT2D eigenvalue weighted by atomic mass is 16.5. The number of carbonyl (C=O) groups is 1. The molecule has 0 atom stereocenters. The zero-order valence-corrected chi connectivity index (χ0v) is 7.09. The summed E-state index contributed by atoms with van der Waals surface area (Å²) < 4.78 is 5.52. The van der Waals surface area contributed by atoms with Crippen molar-refractivity contribution >= 4 is 11.6 Å². The third-order valence-electron chi connectivity index (χ3n) is 1.63. The summed E-state index contributed by atoms with van der Waals surface area (Å²) in [5, 5.41) is 8.97. The van der Waals surface area contributed by atoms with Crippen LogP contribution in [-0.2, 0) is 4.74 Å². The van der Waals surface area contributed by atoms with Gasteiger partial charge in [-0.1, -0.05) is 5.21 Å².